The Bertz CT molecular complexity index is 1100. The normalized spacial score (nSPS) is 16.2. The zero-order valence-electron chi connectivity index (χ0n) is 15.2. The third-order valence-electron chi connectivity index (χ3n) is 4.60. The molecule has 1 aromatic heterocycles. The maximum atomic E-state index is 12.4. The molecule has 1 N–H and O–H groups in total. The summed E-state index contributed by atoms with van der Waals surface area (Å²) in [5.41, 5.74) is 1.45. The minimum absolute atomic E-state index is 0.0848. The van der Waals surface area contributed by atoms with Gasteiger partial charge >= 0.3 is 11.7 Å². The molecule has 0 aliphatic carbocycles. The molecule has 2 aromatic carbocycles. The topological polar surface area (TPSA) is 88.8 Å². The molecule has 1 aliphatic rings. The van der Waals surface area contributed by atoms with Crippen molar-refractivity contribution >= 4 is 28.7 Å². The van der Waals surface area contributed by atoms with E-state index in [4.69, 9.17) is 9.15 Å². The Kier molecular flexibility index (Phi) is 4.57. The average Bonchev–Trinajstić information content (AvgIpc) is 3.07. The molecule has 1 atom stereocenters. The van der Waals surface area contributed by atoms with Crippen molar-refractivity contribution in [1.82, 2.24) is 5.32 Å². The van der Waals surface area contributed by atoms with Gasteiger partial charge in [-0.25, -0.2) is 9.59 Å². The van der Waals surface area contributed by atoms with Gasteiger partial charge in [-0.15, -0.1) is 0 Å². The molecule has 28 heavy (non-hydrogen) atoms. The number of aryl methyl sites for hydroxylation is 1. The maximum absolute atomic E-state index is 12.4. The van der Waals surface area contributed by atoms with Crippen molar-refractivity contribution in [1.29, 1.82) is 0 Å². The highest BCUT2D eigenvalue weighted by atomic mass is 16.6. The molecule has 7 heteroatoms. The van der Waals surface area contributed by atoms with Gasteiger partial charge in [-0.05, 0) is 31.2 Å². The van der Waals surface area contributed by atoms with Crippen LogP contribution in [0.5, 0.6) is 0 Å². The summed E-state index contributed by atoms with van der Waals surface area (Å²) in [7, 11) is 0. The van der Waals surface area contributed by atoms with Crippen molar-refractivity contribution < 1.29 is 18.7 Å². The summed E-state index contributed by atoms with van der Waals surface area (Å²) in [5.74, 6) is -0.565. The lowest BCUT2D eigenvalue weighted by Gasteiger charge is -2.13. The number of carbonyl (C=O) groups is 2. The van der Waals surface area contributed by atoms with Gasteiger partial charge in [-0.3, -0.25) is 9.69 Å². The van der Waals surface area contributed by atoms with E-state index in [1.807, 2.05) is 31.2 Å². The number of anilines is 1. The fourth-order valence-corrected chi connectivity index (χ4v) is 3.09. The number of amides is 2. The summed E-state index contributed by atoms with van der Waals surface area (Å²) in [6.45, 7) is 2.38. The first-order chi connectivity index (χ1) is 13.5. The van der Waals surface area contributed by atoms with E-state index < -0.39 is 23.7 Å². The van der Waals surface area contributed by atoms with Crippen LogP contribution in [0.4, 0.5) is 10.5 Å². The molecule has 1 aliphatic heterocycles. The molecule has 4 rings (SSSR count). The van der Waals surface area contributed by atoms with Gasteiger partial charge in [0.2, 0.25) is 0 Å². The van der Waals surface area contributed by atoms with Crippen LogP contribution < -0.4 is 15.8 Å². The fraction of sp³-hybridized carbons (Fsp3) is 0.190. The van der Waals surface area contributed by atoms with Gasteiger partial charge in [0.25, 0.3) is 5.91 Å². The first-order valence-electron chi connectivity index (χ1n) is 8.87. The molecule has 3 aromatic rings. The summed E-state index contributed by atoms with van der Waals surface area (Å²) in [6, 6.07) is 16.0. The Balaban J connectivity index is 1.43. The highest BCUT2D eigenvalue weighted by Gasteiger charge is 2.32. The second kappa shape index (κ2) is 7.19. The molecule has 0 bridgehead atoms. The quantitative estimate of drug-likeness (QED) is 0.705. The average molecular weight is 378 g/mol. The zero-order chi connectivity index (χ0) is 19.7. The maximum Gasteiger partial charge on any atom is 0.414 e. The number of hydrogen-bond donors (Lipinski definition) is 1. The first-order valence-corrected chi connectivity index (χ1v) is 8.87. The van der Waals surface area contributed by atoms with Gasteiger partial charge in [-0.1, -0.05) is 35.9 Å². The minimum Gasteiger partial charge on any atom is -0.442 e. The molecule has 0 saturated carbocycles. The summed E-state index contributed by atoms with van der Waals surface area (Å²) >= 11 is 0. The molecule has 142 valence electrons. The number of nitrogens with zero attached hydrogens (tertiary/aromatic N) is 1. The van der Waals surface area contributed by atoms with Crippen LogP contribution in [0.25, 0.3) is 11.0 Å². The predicted molar refractivity (Wildman–Crippen MR) is 104 cm³/mol. The highest BCUT2D eigenvalue weighted by Crippen LogP contribution is 2.21. The van der Waals surface area contributed by atoms with Gasteiger partial charge < -0.3 is 14.5 Å². The van der Waals surface area contributed by atoms with Crippen LogP contribution in [0.1, 0.15) is 15.9 Å². The number of para-hydroxylation sites is 1. The SMILES string of the molecule is Cc1ccc(N2C[C@H](CNC(=O)c3cc4ccccc4oc3=O)OC2=O)cc1. The number of nitrogens with one attached hydrogen (secondary N) is 1. The van der Waals surface area contributed by atoms with Gasteiger partial charge in [0.1, 0.15) is 17.3 Å². The van der Waals surface area contributed by atoms with E-state index in [1.165, 1.54) is 11.0 Å². The number of ether oxygens (including phenoxy) is 1. The van der Waals surface area contributed by atoms with Crippen molar-refractivity contribution in [2.45, 2.75) is 13.0 Å². The lowest BCUT2D eigenvalue weighted by molar-refractivity contribution is 0.0912. The summed E-state index contributed by atoms with van der Waals surface area (Å²) in [6.07, 6.45) is -0.974. The third-order valence-corrected chi connectivity index (χ3v) is 4.60. The lowest BCUT2D eigenvalue weighted by Crippen LogP contribution is -2.36. The largest absolute Gasteiger partial charge is 0.442 e. The second-order valence-electron chi connectivity index (χ2n) is 6.65. The van der Waals surface area contributed by atoms with Gasteiger partial charge in [0.05, 0.1) is 13.1 Å². The minimum atomic E-state index is -0.708. The number of hydrogen-bond acceptors (Lipinski definition) is 5. The molecule has 7 nitrogen and oxygen atoms in total. The second-order valence-corrected chi connectivity index (χ2v) is 6.65. The number of rotatable bonds is 4. The van der Waals surface area contributed by atoms with Crippen molar-refractivity contribution in [2.75, 3.05) is 18.0 Å². The van der Waals surface area contributed by atoms with Gasteiger partial charge in [0, 0.05) is 11.1 Å². The van der Waals surface area contributed by atoms with E-state index in [9.17, 15) is 14.4 Å². The van der Waals surface area contributed by atoms with Crippen molar-refractivity contribution in [3.63, 3.8) is 0 Å². The smallest absolute Gasteiger partial charge is 0.414 e. The van der Waals surface area contributed by atoms with Crippen LogP contribution in [0.2, 0.25) is 0 Å². The number of cyclic esters (lactones) is 1. The molecule has 1 saturated heterocycles. The monoisotopic (exact) mass is 378 g/mol. The van der Waals surface area contributed by atoms with E-state index in [1.54, 1.807) is 24.3 Å². The van der Waals surface area contributed by atoms with Crippen LogP contribution in [0.15, 0.2) is 63.8 Å². The van der Waals surface area contributed by atoms with Gasteiger partial charge in [-0.2, -0.15) is 0 Å². The number of carbonyl (C=O) groups excluding carboxylic acids is 2. The van der Waals surface area contributed by atoms with E-state index >= 15 is 0 Å². The van der Waals surface area contributed by atoms with Crippen molar-refractivity contribution in [3.05, 3.63) is 76.1 Å². The molecule has 0 radical (unpaired) electrons. The van der Waals surface area contributed by atoms with E-state index in [-0.39, 0.29) is 12.1 Å². The Morgan fingerprint density at radius 1 is 1.14 bits per heavy atom. The zero-order valence-corrected chi connectivity index (χ0v) is 15.2. The van der Waals surface area contributed by atoms with Gasteiger partial charge in [0.15, 0.2) is 0 Å². The Labute approximate surface area is 160 Å². The Morgan fingerprint density at radius 2 is 1.89 bits per heavy atom. The van der Waals surface area contributed by atoms with Crippen LogP contribution in [-0.2, 0) is 4.74 Å². The summed E-state index contributed by atoms with van der Waals surface area (Å²) < 4.78 is 10.5. The van der Waals surface area contributed by atoms with Crippen LogP contribution in [-0.4, -0.2) is 31.2 Å². The fourth-order valence-electron chi connectivity index (χ4n) is 3.09. The van der Waals surface area contributed by atoms with Crippen LogP contribution in [0.3, 0.4) is 0 Å². The molecular weight excluding hydrogens is 360 g/mol. The summed E-state index contributed by atoms with van der Waals surface area (Å²) in [4.78, 5) is 38.1. The Morgan fingerprint density at radius 3 is 2.68 bits per heavy atom. The summed E-state index contributed by atoms with van der Waals surface area (Å²) in [5, 5.41) is 3.30. The van der Waals surface area contributed by atoms with Crippen molar-refractivity contribution in [3.8, 4) is 0 Å². The third kappa shape index (κ3) is 3.46. The van der Waals surface area contributed by atoms with E-state index in [0.717, 1.165) is 11.3 Å². The lowest BCUT2D eigenvalue weighted by atomic mass is 10.2. The van der Waals surface area contributed by atoms with Crippen LogP contribution >= 0.6 is 0 Å². The molecule has 1 fully saturated rings. The Hall–Kier alpha value is -3.61. The highest BCUT2D eigenvalue weighted by molar-refractivity contribution is 5.96. The van der Waals surface area contributed by atoms with Crippen LogP contribution in [0, 0.1) is 6.92 Å². The van der Waals surface area contributed by atoms with Crippen molar-refractivity contribution in [2.24, 2.45) is 0 Å². The molecular formula is C21H18N2O5. The first kappa shape index (κ1) is 17.8. The molecule has 0 unspecified atom stereocenters. The van der Waals surface area contributed by atoms with E-state index in [0.29, 0.717) is 17.5 Å². The molecule has 2 heterocycles. The number of benzene rings is 2. The number of fused-ring (bicyclic) bond motifs is 1. The van der Waals surface area contributed by atoms with E-state index in [2.05, 4.69) is 5.32 Å². The molecule has 2 amide bonds. The molecule has 0 spiro atoms. The predicted octanol–water partition coefficient (Wildman–Crippen LogP) is 2.86. The standard InChI is InChI=1S/C21H18N2O5/c1-13-6-8-15(9-7-13)23-12-16(27-21(23)26)11-22-19(24)17-10-14-4-2-3-5-18(14)28-20(17)25/h2-10,16H,11-12H2,1H3,(H,22,24)/t16-/m0/s1.